The Bertz CT molecular complexity index is 827. The molecule has 2 amide bonds. The molecule has 1 atom stereocenters. The van der Waals surface area contributed by atoms with Crippen LogP contribution in [0.5, 0.6) is 0 Å². The Hall–Kier alpha value is -1.95. The van der Waals surface area contributed by atoms with Crippen molar-refractivity contribution in [3.8, 4) is 0 Å². The molecular weight excluding hydrogens is 334 g/mol. The molecule has 1 aromatic heterocycles. The van der Waals surface area contributed by atoms with E-state index < -0.39 is 0 Å². The molecule has 1 fully saturated rings. The zero-order chi connectivity index (χ0) is 18.3. The van der Waals surface area contributed by atoms with E-state index in [1.165, 1.54) is 0 Å². The second-order valence-electron chi connectivity index (χ2n) is 7.06. The normalized spacial score (nSPS) is 17.5. The third-order valence-electron chi connectivity index (χ3n) is 4.87. The number of H-pyrrole nitrogens is 1. The van der Waals surface area contributed by atoms with E-state index in [0.717, 1.165) is 22.0 Å². The van der Waals surface area contributed by atoms with Gasteiger partial charge < -0.3 is 14.8 Å². The van der Waals surface area contributed by atoms with Crippen molar-refractivity contribution in [2.75, 3.05) is 18.7 Å². The second kappa shape index (κ2) is 6.75. The highest BCUT2D eigenvalue weighted by molar-refractivity contribution is 7.99. The molecule has 1 aromatic carbocycles. The predicted octanol–water partition coefficient (Wildman–Crippen LogP) is 3.17. The fourth-order valence-electron chi connectivity index (χ4n) is 3.21. The van der Waals surface area contributed by atoms with Crippen molar-refractivity contribution in [3.05, 3.63) is 35.0 Å². The maximum absolute atomic E-state index is 13.0. The van der Waals surface area contributed by atoms with E-state index in [-0.39, 0.29) is 23.9 Å². The van der Waals surface area contributed by atoms with Crippen LogP contribution in [0.25, 0.3) is 10.9 Å². The van der Waals surface area contributed by atoms with Crippen LogP contribution in [0.1, 0.15) is 35.5 Å². The first-order valence-corrected chi connectivity index (χ1v) is 9.70. The average molecular weight is 359 g/mol. The largest absolute Gasteiger partial charge is 0.351 e. The molecule has 0 saturated carbocycles. The molecule has 0 aliphatic carbocycles. The number of thioether (sulfide) groups is 1. The lowest BCUT2D eigenvalue weighted by molar-refractivity contribution is -0.135. The maximum atomic E-state index is 13.0. The van der Waals surface area contributed by atoms with E-state index in [4.69, 9.17) is 0 Å². The van der Waals surface area contributed by atoms with Crippen LogP contribution in [0.15, 0.2) is 18.2 Å². The van der Waals surface area contributed by atoms with E-state index in [0.29, 0.717) is 17.3 Å². The van der Waals surface area contributed by atoms with Gasteiger partial charge in [-0.2, -0.15) is 0 Å². The van der Waals surface area contributed by atoms with Crippen LogP contribution in [-0.4, -0.2) is 57.4 Å². The zero-order valence-electron chi connectivity index (χ0n) is 15.4. The van der Waals surface area contributed by atoms with Gasteiger partial charge in [-0.05, 0) is 51.0 Å². The molecule has 2 heterocycles. The van der Waals surface area contributed by atoms with Gasteiger partial charge in [0.25, 0.3) is 5.91 Å². The number of aromatic nitrogens is 1. The van der Waals surface area contributed by atoms with E-state index in [1.807, 2.05) is 39.8 Å². The lowest BCUT2D eigenvalue weighted by atomic mass is 10.1. The molecule has 134 valence electrons. The number of carbonyl (C=O) groups is 2. The van der Waals surface area contributed by atoms with Crippen molar-refractivity contribution in [1.29, 1.82) is 0 Å². The highest BCUT2D eigenvalue weighted by Gasteiger charge is 2.37. The molecule has 5 nitrogen and oxygen atoms in total. The van der Waals surface area contributed by atoms with E-state index in [2.05, 4.69) is 11.1 Å². The van der Waals surface area contributed by atoms with Gasteiger partial charge in [-0.15, -0.1) is 11.8 Å². The molecule has 1 N–H and O–H groups in total. The topological polar surface area (TPSA) is 56.4 Å². The Kier molecular flexibility index (Phi) is 4.82. The van der Waals surface area contributed by atoms with Crippen LogP contribution >= 0.6 is 11.8 Å². The van der Waals surface area contributed by atoms with Gasteiger partial charge in [0, 0.05) is 29.7 Å². The minimum Gasteiger partial charge on any atom is -0.351 e. The summed E-state index contributed by atoms with van der Waals surface area (Å²) < 4.78 is 0. The van der Waals surface area contributed by atoms with Crippen LogP contribution in [0.2, 0.25) is 0 Å². The Labute approximate surface area is 152 Å². The summed E-state index contributed by atoms with van der Waals surface area (Å²) in [5, 5.41) is 1.06. The third-order valence-corrected chi connectivity index (χ3v) is 5.88. The summed E-state index contributed by atoms with van der Waals surface area (Å²) in [7, 11) is 1.80. The number of aryl methyl sites for hydroxylation is 2. The smallest absolute Gasteiger partial charge is 0.271 e. The Morgan fingerprint density at radius 3 is 2.68 bits per heavy atom. The monoisotopic (exact) mass is 359 g/mol. The van der Waals surface area contributed by atoms with Crippen LogP contribution in [0.4, 0.5) is 0 Å². The molecule has 0 radical (unpaired) electrons. The minimum absolute atomic E-state index is 0.0106. The highest BCUT2D eigenvalue weighted by Crippen LogP contribution is 2.27. The molecule has 0 bridgehead atoms. The van der Waals surface area contributed by atoms with Crippen molar-refractivity contribution in [2.45, 2.75) is 39.8 Å². The Balaban J connectivity index is 1.89. The summed E-state index contributed by atoms with van der Waals surface area (Å²) in [6, 6.07) is 5.80. The predicted molar refractivity (Wildman–Crippen MR) is 103 cm³/mol. The Morgan fingerprint density at radius 1 is 1.28 bits per heavy atom. The number of fused-ring (bicyclic) bond motifs is 1. The van der Waals surface area contributed by atoms with Crippen LogP contribution in [0, 0.1) is 13.8 Å². The molecule has 1 aliphatic rings. The van der Waals surface area contributed by atoms with Gasteiger partial charge in [0.15, 0.2) is 0 Å². The number of rotatable bonds is 3. The van der Waals surface area contributed by atoms with E-state index in [9.17, 15) is 9.59 Å². The zero-order valence-corrected chi connectivity index (χ0v) is 16.2. The van der Waals surface area contributed by atoms with Gasteiger partial charge in [-0.25, -0.2) is 0 Å². The first-order valence-electron chi connectivity index (χ1n) is 8.55. The number of likely N-dealkylation sites (N-methyl/N-ethyl adjacent to an activating group) is 1. The Morgan fingerprint density at radius 2 is 2.00 bits per heavy atom. The summed E-state index contributed by atoms with van der Waals surface area (Å²) in [6.07, 6.45) is 0. The van der Waals surface area contributed by atoms with Crippen molar-refractivity contribution in [1.82, 2.24) is 14.8 Å². The number of aromatic amines is 1. The summed E-state index contributed by atoms with van der Waals surface area (Å²) in [5.74, 6) is 1.11. The molecular formula is C19H25N3O2S. The van der Waals surface area contributed by atoms with Crippen molar-refractivity contribution in [2.24, 2.45) is 0 Å². The number of carbonyl (C=O) groups excluding carboxylic acids is 2. The summed E-state index contributed by atoms with van der Waals surface area (Å²) in [4.78, 5) is 32.4. The van der Waals surface area contributed by atoms with Gasteiger partial charge in [-0.3, -0.25) is 9.59 Å². The molecule has 1 aliphatic heterocycles. The number of amides is 2. The minimum atomic E-state index is -0.390. The van der Waals surface area contributed by atoms with Gasteiger partial charge in [-0.1, -0.05) is 6.07 Å². The average Bonchev–Trinajstić information content (AvgIpc) is 3.19. The first-order chi connectivity index (χ1) is 11.8. The lowest BCUT2D eigenvalue weighted by Gasteiger charge is -2.29. The van der Waals surface area contributed by atoms with Crippen molar-refractivity contribution < 1.29 is 9.59 Å². The fraction of sp³-hybridized carbons (Fsp3) is 0.474. The number of benzene rings is 1. The van der Waals surface area contributed by atoms with Gasteiger partial charge in [0.1, 0.15) is 11.7 Å². The SMILES string of the molecule is Cc1cc(C)c2cc(C(=O)N3CSCC3C(=O)N(C)C(C)C)[nH]c2c1. The van der Waals surface area contributed by atoms with Crippen LogP contribution in [-0.2, 0) is 4.79 Å². The molecule has 2 aromatic rings. The van der Waals surface area contributed by atoms with Crippen molar-refractivity contribution >= 4 is 34.5 Å². The third kappa shape index (κ3) is 3.27. The number of hydrogen-bond acceptors (Lipinski definition) is 3. The number of nitrogens with one attached hydrogen (secondary N) is 1. The van der Waals surface area contributed by atoms with Crippen LogP contribution < -0.4 is 0 Å². The molecule has 25 heavy (non-hydrogen) atoms. The van der Waals surface area contributed by atoms with Gasteiger partial charge in [0.05, 0.1) is 5.88 Å². The number of hydrogen-bond donors (Lipinski definition) is 1. The summed E-state index contributed by atoms with van der Waals surface area (Å²) in [6.45, 7) is 8.05. The lowest BCUT2D eigenvalue weighted by Crippen LogP contribution is -2.49. The molecule has 0 spiro atoms. The van der Waals surface area contributed by atoms with Gasteiger partial charge in [0.2, 0.25) is 5.91 Å². The van der Waals surface area contributed by atoms with Crippen molar-refractivity contribution in [3.63, 3.8) is 0 Å². The second-order valence-corrected chi connectivity index (χ2v) is 8.06. The molecule has 3 rings (SSSR count). The number of nitrogens with zero attached hydrogens (tertiary/aromatic N) is 2. The van der Waals surface area contributed by atoms with Crippen LogP contribution in [0.3, 0.4) is 0 Å². The summed E-state index contributed by atoms with van der Waals surface area (Å²) in [5.41, 5.74) is 3.83. The quantitative estimate of drug-likeness (QED) is 0.916. The molecule has 1 unspecified atom stereocenters. The highest BCUT2D eigenvalue weighted by atomic mass is 32.2. The molecule has 1 saturated heterocycles. The summed E-state index contributed by atoms with van der Waals surface area (Å²) >= 11 is 1.63. The van der Waals surface area contributed by atoms with Gasteiger partial charge >= 0.3 is 0 Å². The van der Waals surface area contributed by atoms with E-state index in [1.54, 1.807) is 28.6 Å². The van der Waals surface area contributed by atoms with E-state index >= 15 is 0 Å². The standard InChI is InChI=1S/C19H25N3O2S/c1-11(2)21(5)19(24)17-9-25-10-22(17)18(23)16-8-14-13(4)6-12(3)7-15(14)20-16/h6-8,11,17,20H,9-10H2,1-5H3. The maximum Gasteiger partial charge on any atom is 0.271 e. The molecule has 6 heteroatoms. The first kappa shape index (κ1) is 17.9. The fourth-order valence-corrected chi connectivity index (χ4v) is 4.35.